The van der Waals surface area contributed by atoms with Crippen LogP contribution in [0.1, 0.15) is 5.69 Å². The van der Waals surface area contributed by atoms with Crippen LogP contribution >= 0.6 is 0 Å². The second-order valence-electron chi connectivity index (χ2n) is 4.81. The lowest BCUT2D eigenvalue weighted by atomic mass is 10.1. The van der Waals surface area contributed by atoms with Crippen LogP contribution in [-0.2, 0) is 4.79 Å². The Morgan fingerprint density at radius 2 is 1.96 bits per heavy atom. The number of aromatic nitrogens is 2. The van der Waals surface area contributed by atoms with Crippen LogP contribution in [0.3, 0.4) is 0 Å². The molecule has 0 radical (unpaired) electrons. The van der Waals surface area contributed by atoms with Crippen molar-refractivity contribution in [1.29, 1.82) is 0 Å². The molecular formula is C16H12N4O3. The molecule has 2 aromatic heterocycles. The average molecular weight is 308 g/mol. The van der Waals surface area contributed by atoms with Gasteiger partial charge in [-0.05, 0) is 30.3 Å². The highest BCUT2D eigenvalue weighted by molar-refractivity contribution is 5.91. The number of nitrogens with zero attached hydrogens (tertiary/aromatic N) is 3. The number of nitro groups is 1. The van der Waals surface area contributed by atoms with Crippen molar-refractivity contribution < 1.29 is 9.72 Å². The van der Waals surface area contributed by atoms with Crippen molar-refractivity contribution in [1.82, 2.24) is 9.38 Å². The number of nitrogens with two attached hydrogens (primary N) is 1. The quantitative estimate of drug-likeness (QED) is 0.454. The second-order valence-corrected chi connectivity index (χ2v) is 4.81. The van der Waals surface area contributed by atoms with E-state index in [1.807, 2.05) is 28.8 Å². The summed E-state index contributed by atoms with van der Waals surface area (Å²) in [6.07, 6.45) is 4.66. The molecular weight excluding hydrogens is 296 g/mol. The maximum atomic E-state index is 11.0. The van der Waals surface area contributed by atoms with Crippen LogP contribution in [0.5, 0.6) is 0 Å². The van der Waals surface area contributed by atoms with Crippen LogP contribution in [0.15, 0.2) is 54.7 Å². The van der Waals surface area contributed by atoms with Crippen molar-refractivity contribution in [2.75, 3.05) is 0 Å². The summed E-state index contributed by atoms with van der Waals surface area (Å²) in [5.74, 6) is -0.564. The largest absolute Gasteiger partial charge is 0.366 e. The highest BCUT2D eigenvalue weighted by Gasteiger charge is 2.13. The number of primary amides is 1. The van der Waals surface area contributed by atoms with E-state index in [1.165, 1.54) is 18.2 Å². The van der Waals surface area contributed by atoms with E-state index in [-0.39, 0.29) is 5.69 Å². The number of carbonyl (C=O) groups is 1. The highest BCUT2D eigenvalue weighted by atomic mass is 16.6. The van der Waals surface area contributed by atoms with E-state index >= 15 is 0 Å². The number of imidazole rings is 1. The molecule has 3 rings (SSSR count). The van der Waals surface area contributed by atoms with Crippen LogP contribution in [0.25, 0.3) is 23.0 Å². The first-order chi connectivity index (χ1) is 11.1. The fourth-order valence-electron chi connectivity index (χ4n) is 2.29. The van der Waals surface area contributed by atoms with Gasteiger partial charge in [-0.1, -0.05) is 6.07 Å². The van der Waals surface area contributed by atoms with Gasteiger partial charge in [0.05, 0.1) is 16.3 Å². The fraction of sp³-hybridized carbons (Fsp3) is 0. The summed E-state index contributed by atoms with van der Waals surface area (Å²) < 4.78 is 1.82. The molecule has 0 aliphatic heterocycles. The predicted octanol–water partition coefficient (Wildman–Crippen LogP) is 2.41. The maximum Gasteiger partial charge on any atom is 0.269 e. The average Bonchev–Trinajstić information content (AvgIpc) is 2.91. The molecule has 1 aromatic carbocycles. The number of hydrogen-bond acceptors (Lipinski definition) is 4. The van der Waals surface area contributed by atoms with Gasteiger partial charge in [-0.2, -0.15) is 0 Å². The Hall–Kier alpha value is -3.48. The van der Waals surface area contributed by atoms with Gasteiger partial charge < -0.3 is 5.73 Å². The summed E-state index contributed by atoms with van der Waals surface area (Å²) in [5.41, 5.74) is 7.87. The molecule has 2 N–H and O–H groups in total. The van der Waals surface area contributed by atoms with Crippen molar-refractivity contribution >= 4 is 23.3 Å². The first-order valence-electron chi connectivity index (χ1n) is 6.75. The number of non-ortho nitro benzene ring substituents is 1. The number of rotatable bonds is 4. The number of nitro benzene ring substituents is 1. The van der Waals surface area contributed by atoms with E-state index in [2.05, 4.69) is 4.98 Å². The zero-order valence-electron chi connectivity index (χ0n) is 11.9. The SMILES string of the molecule is NC(=O)/C=C/c1c(-c2ccc([N+](=O)[O-])cc2)nc2ccccn12. The van der Waals surface area contributed by atoms with Crippen molar-refractivity contribution in [3.05, 3.63) is 70.5 Å². The van der Waals surface area contributed by atoms with Crippen molar-refractivity contribution in [2.24, 2.45) is 5.73 Å². The molecule has 0 fully saturated rings. The third-order valence-corrected chi connectivity index (χ3v) is 3.32. The number of pyridine rings is 1. The van der Waals surface area contributed by atoms with Crippen LogP contribution in [0, 0.1) is 10.1 Å². The van der Waals surface area contributed by atoms with Gasteiger partial charge in [0.15, 0.2) is 0 Å². The molecule has 0 unspecified atom stereocenters. The summed E-state index contributed by atoms with van der Waals surface area (Å²) in [7, 11) is 0. The van der Waals surface area contributed by atoms with Gasteiger partial charge in [-0.3, -0.25) is 19.3 Å². The molecule has 0 aliphatic rings. The molecule has 0 bridgehead atoms. The smallest absolute Gasteiger partial charge is 0.269 e. The van der Waals surface area contributed by atoms with Gasteiger partial charge in [0.25, 0.3) is 5.69 Å². The fourth-order valence-corrected chi connectivity index (χ4v) is 2.29. The van der Waals surface area contributed by atoms with E-state index in [4.69, 9.17) is 5.73 Å². The van der Waals surface area contributed by atoms with E-state index < -0.39 is 10.8 Å². The first kappa shape index (κ1) is 14.5. The number of benzene rings is 1. The van der Waals surface area contributed by atoms with Gasteiger partial charge in [-0.15, -0.1) is 0 Å². The molecule has 0 spiro atoms. The Morgan fingerprint density at radius 1 is 1.22 bits per heavy atom. The normalized spacial score (nSPS) is 11.1. The standard InChI is InChI=1S/C16H12N4O3/c17-14(21)9-8-13-16(18-15-3-1-2-10-19(13)15)11-4-6-12(7-5-11)20(22)23/h1-10H,(H2,17,21)/b9-8+. The third-order valence-electron chi connectivity index (χ3n) is 3.32. The molecule has 3 aromatic rings. The second kappa shape index (κ2) is 5.72. The minimum atomic E-state index is -0.564. The number of hydrogen-bond donors (Lipinski definition) is 1. The molecule has 0 saturated heterocycles. The molecule has 0 aliphatic carbocycles. The van der Waals surface area contributed by atoms with Gasteiger partial charge in [0.2, 0.25) is 5.91 Å². The number of amides is 1. The molecule has 1 amide bonds. The van der Waals surface area contributed by atoms with Gasteiger partial charge in [0.1, 0.15) is 5.65 Å². The van der Waals surface area contributed by atoms with Crippen molar-refractivity contribution in [2.45, 2.75) is 0 Å². The summed E-state index contributed by atoms with van der Waals surface area (Å²) in [6, 6.07) is 11.6. The maximum absolute atomic E-state index is 11.0. The van der Waals surface area contributed by atoms with Crippen LogP contribution in [0.2, 0.25) is 0 Å². The monoisotopic (exact) mass is 308 g/mol. The Bertz CT molecular complexity index is 926. The number of carbonyl (C=O) groups excluding carboxylic acids is 1. The van der Waals surface area contributed by atoms with E-state index in [0.717, 1.165) is 0 Å². The Balaban J connectivity index is 2.17. The van der Waals surface area contributed by atoms with Gasteiger partial charge in [0, 0.05) is 30.0 Å². The molecule has 0 atom stereocenters. The first-order valence-corrected chi connectivity index (χ1v) is 6.75. The Morgan fingerprint density at radius 3 is 2.61 bits per heavy atom. The summed E-state index contributed by atoms with van der Waals surface area (Å²) in [6.45, 7) is 0. The molecule has 7 nitrogen and oxygen atoms in total. The highest BCUT2D eigenvalue weighted by Crippen LogP contribution is 2.27. The Labute approximate surface area is 130 Å². The summed E-state index contributed by atoms with van der Waals surface area (Å²) in [4.78, 5) is 25.9. The number of fused-ring (bicyclic) bond motifs is 1. The van der Waals surface area contributed by atoms with Crippen molar-refractivity contribution in [3.8, 4) is 11.3 Å². The predicted molar refractivity (Wildman–Crippen MR) is 85.5 cm³/mol. The topological polar surface area (TPSA) is 104 Å². The molecule has 2 heterocycles. The summed E-state index contributed by atoms with van der Waals surface area (Å²) >= 11 is 0. The summed E-state index contributed by atoms with van der Waals surface area (Å²) in [5, 5.41) is 10.8. The van der Waals surface area contributed by atoms with Crippen LogP contribution < -0.4 is 5.73 Å². The molecule has 0 saturated carbocycles. The molecule has 7 heteroatoms. The zero-order chi connectivity index (χ0) is 16.4. The minimum Gasteiger partial charge on any atom is -0.366 e. The lowest BCUT2D eigenvalue weighted by Crippen LogP contribution is -2.05. The van der Waals surface area contributed by atoms with Crippen LogP contribution in [-0.4, -0.2) is 20.2 Å². The van der Waals surface area contributed by atoms with E-state index in [1.54, 1.807) is 18.2 Å². The van der Waals surface area contributed by atoms with Gasteiger partial charge >= 0.3 is 0 Å². The van der Waals surface area contributed by atoms with E-state index in [9.17, 15) is 14.9 Å². The lowest BCUT2D eigenvalue weighted by molar-refractivity contribution is -0.384. The van der Waals surface area contributed by atoms with Crippen LogP contribution in [0.4, 0.5) is 5.69 Å². The Kier molecular flexibility index (Phi) is 3.60. The van der Waals surface area contributed by atoms with Gasteiger partial charge in [-0.25, -0.2) is 4.98 Å². The third kappa shape index (κ3) is 2.80. The molecule has 114 valence electrons. The van der Waals surface area contributed by atoms with E-state index in [0.29, 0.717) is 22.6 Å². The van der Waals surface area contributed by atoms with Crippen molar-refractivity contribution in [3.63, 3.8) is 0 Å². The zero-order valence-corrected chi connectivity index (χ0v) is 11.9. The lowest BCUT2D eigenvalue weighted by Gasteiger charge is -2.00. The minimum absolute atomic E-state index is 0.00624. The molecule has 23 heavy (non-hydrogen) atoms.